The number of nitrogens with two attached hydrogens (primary N) is 1. The van der Waals surface area contributed by atoms with Crippen molar-refractivity contribution in [3.05, 3.63) is 11.3 Å². The molecule has 0 aromatic heterocycles. The van der Waals surface area contributed by atoms with E-state index in [0.717, 1.165) is 56.3 Å². The highest BCUT2D eigenvalue weighted by Gasteiger charge is 2.47. The highest BCUT2D eigenvalue weighted by atomic mass is 16.3. The van der Waals surface area contributed by atoms with Crippen LogP contribution in [0.25, 0.3) is 0 Å². The molecule has 2 aliphatic carbocycles. The molecule has 3 aliphatic rings. The first kappa shape index (κ1) is 21.1. The quantitative estimate of drug-likeness (QED) is 0.734. The molecule has 0 bridgehead atoms. The Kier molecular flexibility index (Phi) is 7.84. The molecular formula is C21H36N2O3. The predicted molar refractivity (Wildman–Crippen MR) is 103 cm³/mol. The van der Waals surface area contributed by atoms with Crippen LogP contribution in [0.4, 0.5) is 0 Å². The zero-order valence-electron chi connectivity index (χ0n) is 16.6. The summed E-state index contributed by atoms with van der Waals surface area (Å²) >= 11 is 0. The third kappa shape index (κ3) is 4.37. The highest BCUT2D eigenvalue weighted by Crippen LogP contribution is 2.46. The molecule has 0 radical (unpaired) electrons. The van der Waals surface area contributed by atoms with Crippen LogP contribution < -0.4 is 5.73 Å². The van der Waals surface area contributed by atoms with E-state index in [-0.39, 0.29) is 17.9 Å². The monoisotopic (exact) mass is 364 g/mol. The summed E-state index contributed by atoms with van der Waals surface area (Å²) in [6.45, 7) is 5.31. The molecule has 0 unspecified atom stereocenters. The van der Waals surface area contributed by atoms with E-state index in [1.165, 1.54) is 25.7 Å². The van der Waals surface area contributed by atoms with Crippen LogP contribution in [0.1, 0.15) is 78.1 Å². The molecule has 3 fully saturated rings. The number of nitrogens with zero attached hydrogens (tertiary/aromatic N) is 1. The molecule has 3 N–H and O–H groups in total. The summed E-state index contributed by atoms with van der Waals surface area (Å²) in [5.74, 6) is 0.827. The molecule has 1 spiro atoms. The fourth-order valence-electron chi connectivity index (χ4n) is 4.55. The molecule has 5 nitrogen and oxygen atoms in total. The summed E-state index contributed by atoms with van der Waals surface area (Å²) in [5.41, 5.74) is 6.54. The van der Waals surface area contributed by atoms with Gasteiger partial charge in [-0.3, -0.25) is 9.59 Å². The second-order valence-electron chi connectivity index (χ2n) is 7.98. The van der Waals surface area contributed by atoms with Crippen molar-refractivity contribution in [3.8, 4) is 0 Å². The molecule has 1 heterocycles. The lowest BCUT2D eigenvalue weighted by atomic mass is 9.73. The van der Waals surface area contributed by atoms with E-state index in [0.29, 0.717) is 18.2 Å². The van der Waals surface area contributed by atoms with Crippen molar-refractivity contribution in [1.82, 2.24) is 4.90 Å². The van der Waals surface area contributed by atoms with Gasteiger partial charge < -0.3 is 15.7 Å². The standard InChI is InChI=1S/C19H29NO2.C2H7NO/c1-3-16(14(2)17(21)15-8-7-9-15)20-13-12-19(18(20)22)10-5-4-6-11-19;3-1-2-4/h15H,3-13H2,1-2H3;4H,1-3H2/b16-14+;. The number of carbonyl (C=O) groups is 2. The van der Waals surface area contributed by atoms with Gasteiger partial charge in [-0.1, -0.05) is 32.6 Å². The third-order valence-corrected chi connectivity index (χ3v) is 6.39. The molecule has 1 aliphatic heterocycles. The van der Waals surface area contributed by atoms with Crippen molar-refractivity contribution in [2.45, 2.75) is 78.1 Å². The summed E-state index contributed by atoms with van der Waals surface area (Å²) in [6, 6.07) is 0. The van der Waals surface area contributed by atoms with E-state index in [1.54, 1.807) is 0 Å². The minimum absolute atomic E-state index is 0.0972. The number of aliphatic hydroxyl groups is 1. The summed E-state index contributed by atoms with van der Waals surface area (Å²) in [4.78, 5) is 27.6. The Hall–Kier alpha value is -1.20. The molecule has 5 heteroatoms. The van der Waals surface area contributed by atoms with Crippen molar-refractivity contribution < 1.29 is 14.7 Å². The largest absolute Gasteiger partial charge is 0.395 e. The molecule has 148 valence electrons. The first-order valence-electron chi connectivity index (χ1n) is 10.4. The first-order chi connectivity index (χ1) is 12.5. The maximum absolute atomic E-state index is 13.0. The number of allylic oxidation sites excluding steroid dienone is 2. The summed E-state index contributed by atoms with van der Waals surface area (Å²) in [6.07, 6.45) is 10.8. The predicted octanol–water partition coefficient (Wildman–Crippen LogP) is 3.16. The number of amides is 1. The van der Waals surface area contributed by atoms with Crippen molar-refractivity contribution in [3.63, 3.8) is 0 Å². The third-order valence-electron chi connectivity index (χ3n) is 6.39. The van der Waals surface area contributed by atoms with Crippen molar-refractivity contribution in [2.24, 2.45) is 17.1 Å². The fourth-order valence-corrected chi connectivity index (χ4v) is 4.55. The lowest BCUT2D eigenvalue weighted by molar-refractivity contribution is -0.136. The van der Waals surface area contributed by atoms with E-state index in [9.17, 15) is 9.59 Å². The van der Waals surface area contributed by atoms with Gasteiger partial charge in [0, 0.05) is 30.3 Å². The summed E-state index contributed by atoms with van der Waals surface area (Å²) in [7, 11) is 0. The molecule has 1 amide bonds. The van der Waals surface area contributed by atoms with Crippen LogP contribution in [0, 0.1) is 11.3 Å². The number of likely N-dealkylation sites (tertiary alicyclic amines) is 1. The maximum Gasteiger partial charge on any atom is 0.233 e. The number of ketones is 1. The normalized spacial score (nSPS) is 23.2. The van der Waals surface area contributed by atoms with Crippen LogP contribution in [-0.4, -0.2) is 41.4 Å². The fraction of sp³-hybridized carbons (Fsp3) is 0.810. The van der Waals surface area contributed by atoms with Crippen molar-refractivity contribution in [1.29, 1.82) is 0 Å². The Labute approximate surface area is 158 Å². The second-order valence-corrected chi connectivity index (χ2v) is 7.98. The number of aliphatic hydroxyl groups excluding tert-OH is 1. The van der Waals surface area contributed by atoms with E-state index in [1.807, 2.05) is 11.8 Å². The molecule has 2 saturated carbocycles. The van der Waals surface area contributed by atoms with Gasteiger partial charge in [0.05, 0.1) is 12.0 Å². The van der Waals surface area contributed by atoms with Gasteiger partial charge in [-0.2, -0.15) is 0 Å². The van der Waals surface area contributed by atoms with E-state index in [4.69, 9.17) is 10.8 Å². The van der Waals surface area contributed by atoms with Crippen LogP contribution in [-0.2, 0) is 9.59 Å². The Morgan fingerprint density at radius 2 is 1.81 bits per heavy atom. The number of hydrogen-bond donors (Lipinski definition) is 2. The topological polar surface area (TPSA) is 83.6 Å². The minimum atomic E-state index is -0.0987. The second kappa shape index (κ2) is 9.65. The molecule has 3 rings (SSSR count). The van der Waals surface area contributed by atoms with Crippen molar-refractivity contribution >= 4 is 11.7 Å². The zero-order valence-corrected chi connectivity index (χ0v) is 16.6. The van der Waals surface area contributed by atoms with Gasteiger partial charge in [-0.25, -0.2) is 0 Å². The molecule has 26 heavy (non-hydrogen) atoms. The first-order valence-corrected chi connectivity index (χ1v) is 10.4. The van der Waals surface area contributed by atoms with Crippen LogP contribution in [0.5, 0.6) is 0 Å². The average molecular weight is 365 g/mol. The van der Waals surface area contributed by atoms with Crippen LogP contribution in [0.3, 0.4) is 0 Å². The SMILES string of the molecule is CC/C(=C(/C)C(=O)C1CCC1)N1CCC2(CCCCC2)C1=O.NCCO. The maximum atomic E-state index is 13.0. The molecule has 0 aromatic rings. The summed E-state index contributed by atoms with van der Waals surface area (Å²) < 4.78 is 0. The van der Waals surface area contributed by atoms with E-state index >= 15 is 0 Å². The molecular weight excluding hydrogens is 328 g/mol. The van der Waals surface area contributed by atoms with Crippen LogP contribution in [0.15, 0.2) is 11.3 Å². The number of carbonyl (C=O) groups excluding carboxylic acids is 2. The van der Waals surface area contributed by atoms with Crippen molar-refractivity contribution in [2.75, 3.05) is 19.7 Å². The average Bonchev–Trinajstić information content (AvgIpc) is 2.91. The Morgan fingerprint density at radius 1 is 1.19 bits per heavy atom. The van der Waals surface area contributed by atoms with Crippen LogP contribution >= 0.6 is 0 Å². The smallest absolute Gasteiger partial charge is 0.233 e. The number of Topliss-reactive ketones (excluding diaryl/α,β-unsaturated/α-hetero) is 1. The van der Waals surface area contributed by atoms with Gasteiger partial charge in [0.15, 0.2) is 5.78 Å². The summed E-state index contributed by atoms with van der Waals surface area (Å²) in [5, 5.41) is 7.75. The lowest BCUT2D eigenvalue weighted by Gasteiger charge is -2.32. The van der Waals surface area contributed by atoms with Gasteiger partial charge in [-0.05, 0) is 45.4 Å². The Balaban J connectivity index is 0.000000552. The number of hydrogen-bond acceptors (Lipinski definition) is 4. The van der Waals surface area contributed by atoms with Gasteiger partial charge in [0.25, 0.3) is 0 Å². The van der Waals surface area contributed by atoms with Gasteiger partial charge >= 0.3 is 0 Å². The van der Waals surface area contributed by atoms with Crippen LogP contribution in [0.2, 0.25) is 0 Å². The number of rotatable bonds is 5. The Bertz CT molecular complexity index is 529. The zero-order chi connectivity index (χ0) is 19.2. The molecule has 1 saturated heterocycles. The van der Waals surface area contributed by atoms with E-state index < -0.39 is 0 Å². The van der Waals surface area contributed by atoms with Gasteiger partial charge in [-0.15, -0.1) is 0 Å². The minimum Gasteiger partial charge on any atom is -0.395 e. The van der Waals surface area contributed by atoms with Gasteiger partial charge in [0.1, 0.15) is 0 Å². The lowest BCUT2D eigenvalue weighted by Crippen LogP contribution is -2.36. The highest BCUT2D eigenvalue weighted by molar-refractivity contribution is 5.98. The van der Waals surface area contributed by atoms with E-state index in [2.05, 4.69) is 6.92 Å². The molecule has 0 atom stereocenters. The van der Waals surface area contributed by atoms with Gasteiger partial charge in [0.2, 0.25) is 5.91 Å². The Morgan fingerprint density at radius 3 is 2.27 bits per heavy atom. The molecule has 0 aromatic carbocycles.